The summed E-state index contributed by atoms with van der Waals surface area (Å²) in [5.41, 5.74) is 1.48. The normalized spacial score (nSPS) is 10.5. The molecule has 1 nitrogen and oxygen atoms in total. The predicted molar refractivity (Wildman–Crippen MR) is 76.5 cm³/mol. The Bertz CT molecular complexity index is 638. The summed E-state index contributed by atoms with van der Waals surface area (Å²) in [5, 5.41) is 0.915. The molecular weight excluding hydrogens is 286 g/mol. The van der Waals surface area contributed by atoms with E-state index in [1.807, 2.05) is 0 Å². The molecule has 0 unspecified atom stereocenters. The molecule has 98 valence electrons. The van der Waals surface area contributed by atoms with Gasteiger partial charge >= 0.3 is 0 Å². The van der Waals surface area contributed by atoms with Gasteiger partial charge in [-0.3, -0.25) is 4.79 Å². The highest BCUT2D eigenvalue weighted by Gasteiger charge is 2.15. The van der Waals surface area contributed by atoms with Gasteiger partial charge in [0, 0.05) is 27.6 Å². The molecule has 0 atom stereocenters. The monoisotopic (exact) mass is 296 g/mol. The molecule has 2 aromatic carbocycles. The molecule has 2 aromatic rings. The standard InChI is InChI=1S/C15H11Cl2FO/c1-2-15(19)11-5-4-10(18)8-12(11)13-7-9(16)3-6-14(13)17/h3-8H,2H2,1H3. The van der Waals surface area contributed by atoms with Crippen molar-refractivity contribution < 1.29 is 9.18 Å². The van der Waals surface area contributed by atoms with Gasteiger partial charge in [0.25, 0.3) is 0 Å². The van der Waals surface area contributed by atoms with E-state index in [4.69, 9.17) is 23.2 Å². The zero-order valence-corrected chi connectivity index (χ0v) is 11.7. The molecule has 0 amide bonds. The van der Waals surface area contributed by atoms with Gasteiger partial charge < -0.3 is 0 Å². The molecule has 0 aliphatic heterocycles. The Morgan fingerprint density at radius 3 is 2.53 bits per heavy atom. The van der Waals surface area contributed by atoms with E-state index in [9.17, 15) is 9.18 Å². The lowest BCUT2D eigenvalue weighted by Crippen LogP contribution is -2.00. The highest BCUT2D eigenvalue weighted by molar-refractivity contribution is 6.35. The number of halogens is 3. The molecule has 0 saturated carbocycles. The fraction of sp³-hybridized carbons (Fsp3) is 0.133. The minimum atomic E-state index is -0.418. The summed E-state index contributed by atoms with van der Waals surface area (Å²) in [6.07, 6.45) is 0.344. The quantitative estimate of drug-likeness (QED) is 0.694. The number of rotatable bonds is 3. The molecule has 0 spiro atoms. The number of carbonyl (C=O) groups excluding carboxylic acids is 1. The van der Waals surface area contributed by atoms with Crippen LogP contribution in [0.25, 0.3) is 11.1 Å². The summed E-state index contributed by atoms with van der Waals surface area (Å²) in [5.74, 6) is -0.482. The molecule has 0 saturated heterocycles. The zero-order chi connectivity index (χ0) is 14.0. The average molecular weight is 297 g/mol. The van der Waals surface area contributed by atoms with Gasteiger partial charge in [0.2, 0.25) is 0 Å². The number of carbonyl (C=O) groups is 1. The van der Waals surface area contributed by atoms with Crippen molar-refractivity contribution in [3.63, 3.8) is 0 Å². The van der Waals surface area contributed by atoms with Gasteiger partial charge in [-0.05, 0) is 42.0 Å². The van der Waals surface area contributed by atoms with Crippen LogP contribution in [0.1, 0.15) is 23.7 Å². The summed E-state index contributed by atoms with van der Waals surface area (Å²) in [6.45, 7) is 1.76. The van der Waals surface area contributed by atoms with Gasteiger partial charge in [0.05, 0.1) is 0 Å². The summed E-state index contributed by atoms with van der Waals surface area (Å²) < 4.78 is 13.4. The van der Waals surface area contributed by atoms with Crippen molar-refractivity contribution in [2.45, 2.75) is 13.3 Å². The van der Waals surface area contributed by atoms with E-state index in [1.165, 1.54) is 18.2 Å². The van der Waals surface area contributed by atoms with Gasteiger partial charge in [-0.1, -0.05) is 30.1 Å². The first-order valence-electron chi connectivity index (χ1n) is 5.81. The molecule has 0 fully saturated rings. The second-order valence-electron chi connectivity index (χ2n) is 4.09. The average Bonchev–Trinajstić information content (AvgIpc) is 2.40. The predicted octanol–water partition coefficient (Wildman–Crippen LogP) is 5.39. The molecule has 0 N–H and O–H groups in total. The van der Waals surface area contributed by atoms with Crippen molar-refractivity contribution in [1.82, 2.24) is 0 Å². The number of ketones is 1. The Morgan fingerprint density at radius 2 is 1.84 bits per heavy atom. The van der Waals surface area contributed by atoms with Crippen molar-refractivity contribution >= 4 is 29.0 Å². The number of Topliss-reactive ketones (excluding diaryl/α,β-unsaturated/α-hetero) is 1. The van der Waals surface area contributed by atoms with E-state index in [-0.39, 0.29) is 5.78 Å². The van der Waals surface area contributed by atoms with Crippen molar-refractivity contribution in [1.29, 1.82) is 0 Å². The highest BCUT2D eigenvalue weighted by atomic mass is 35.5. The Hall–Kier alpha value is -1.38. The summed E-state index contributed by atoms with van der Waals surface area (Å²) in [4.78, 5) is 11.9. The smallest absolute Gasteiger partial charge is 0.163 e. The van der Waals surface area contributed by atoms with Gasteiger partial charge in [-0.2, -0.15) is 0 Å². The van der Waals surface area contributed by atoms with Gasteiger partial charge in [-0.15, -0.1) is 0 Å². The lowest BCUT2D eigenvalue weighted by Gasteiger charge is -2.10. The molecule has 2 rings (SSSR count). The third-order valence-corrected chi connectivity index (χ3v) is 3.39. The first-order valence-corrected chi connectivity index (χ1v) is 6.56. The first-order chi connectivity index (χ1) is 9.02. The summed E-state index contributed by atoms with van der Waals surface area (Å²) in [6, 6.07) is 8.96. The molecular formula is C15H11Cl2FO. The second-order valence-corrected chi connectivity index (χ2v) is 4.93. The maximum Gasteiger partial charge on any atom is 0.163 e. The Balaban J connectivity index is 2.69. The Kier molecular flexibility index (Phi) is 4.23. The first kappa shape index (κ1) is 14.0. The van der Waals surface area contributed by atoms with E-state index in [0.29, 0.717) is 33.2 Å². The summed E-state index contributed by atoms with van der Waals surface area (Å²) >= 11 is 12.0. The molecule has 0 aliphatic rings. The van der Waals surface area contributed by atoms with Crippen LogP contribution < -0.4 is 0 Å². The van der Waals surface area contributed by atoms with Gasteiger partial charge in [0.15, 0.2) is 5.78 Å². The van der Waals surface area contributed by atoms with Gasteiger partial charge in [0.1, 0.15) is 5.82 Å². The lowest BCUT2D eigenvalue weighted by molar-refractivity contribution is 0.0989. The van der Waals surface area contributed by atoms with Crippen LogP contribution in [0.2, 0.25) is 10.0 Å². The van der Waals surface area contributed by atoms with Crippen LogP contribution in [0.3, 0.4) is 0 Å². The molecule has 0 aliphatic carbocycles. The molecule has 19 heavy (non-hydrogen) atoms. The van der Waals surface area contributed by atoms with Crippen LogP contribution in [-0.4, -0.2) is 5.78 Å². The van der Waals surface area contributed by atoms with Crippen LogP contribution in [-0.2, 0) is 0 Å². The summed E-state index contributed by atoms with van der Waals surface area (Å²) in [7, 11) is 0. The van der Waals surface area contributed by atoms with E-state index < -0.39 is 5.82 Å². The van der Waals surface area contributed by atoms with Gasteiger partial charge in [-0.25, -0.2) is 4.39 Å². The fourth-order valence-corrected chi connectivity index (χ4v) is 2.27. The minimum Gasteiger partial charge on any atom is -0.294 e. The van der Waals surface area contributed by atoms with E-state index in [0.717, 1.165) is 0 Å². The molecule has 0 radical (unpaired) electrons. The minimum absolute atomic E-state index is 0.0638. The van der Waals surface area contributed by atoms with E-state index >= 15 is 0 Å². The van der Waals surface area contributed by atoms with Crippen molar-refractivity contribution in [2.75, 3.05) is 0 Å². The third-order valence-electron chi connectivity index (χ3n) is 2.82. The lowest BCUT2D eigenvalue weighted by atomic mass is 9.96. The number of benzene rings is 2. The van der Waals surface area contributed by atoms with Crippen LogP contribution in [0.15, 0.2) is 36.4 Å². The van der Waals surface area contributed by atoms with Crippen molar-refractivity contribution in [3.8, 4) is 11.1 Å². The van der Waals surface area contributed by atoms with Crippen LogP contribution in [0.4, 0.5) is 4.39 Å². The fourth-order valence-electron chi connectivity index (χ4n) is 1.88. The number of hydrogen-bond acceptors (Lipinski definition) is 1. The van der Waals surface area contributed by atoms with Crippen LogP contribution in [0, 0.1) is 5.82 Å². The SMILES string of the molecule is CCC(=O)c1ccc(F)cc1-c1cc(Cl)ccc1Cl. The molecule has 0 aromatic heterocycles. The van der Waals surface area contributed by atoms with Crippen LogP contribution >= 0.6 is 23.2 Å². The molecule has 0 bridgehead atoms. The van der Waals surface area contributed by atoms with Crippen molar-refractivity contribution in [3.05, 3.63) is 57.8 Å². The molecule has 4 heteroatoms. The van der Waals surface area contributed by atoms with Crippen LogP contribution in [0.5, 0.6) is 0 Å². The van der Waals surface area contributed by atoms with E-state index in [2.05, 4.69) is 0 Å². The zero-order valence-electron chi connectivity index (χ0n) is 10.2. The topological polar surface area (TPSA) is 17.1 Å². The Morgan fingerprint density at radius 1 is 1.11 bits per heavy atom. The maximum absolute atomic E-state index is 13.4. The largest absolute Gasteiger partial charge is 0.294 e. The third kappa shape index (κ3) is 2.96. The maximum atomic E-state index is 13.4. The van der Waals surface area contributed by atoms with Crippen molar-refractivity contribution in [2.24, 2.45) is 0 Å². The van der Waals surface area contributed by atoms with E-state index in [1.54, 1.807) is 25.1 Å². The second kappa shape index (κ2) is 5.72. The highest BCUT2D eigenvalue weighted by Crippen LogP contribution is 2.33. The molecule has 0 heterocycles. The number of hydrogen-bond donors (Lipinski definition) is 0. The Labute approximate surface area is 121 Å².